The van der Waals surface area contributed by atoms with Crippen molar-refractivity contribution < 1.29 is 24.2 Å². The molecule has 2 atom stereocenters. The number of hydrogen-bond acceptors (Lipinski definition) is 4. The highest BCUT2D eigenvalue weighted by atomic mass is 16.5. The number of nitrogens with zero attached hydrogens (tertiary/aromatic N) is 1. The van der Waals surface area contributed by atoms with E-state index in [4.69, 9.17) is 9.47 Å². The largest absolute Gasteiger partial charge is 0.480 e. The summed E-state index contributed by atoms with van der Waals surface area (Å²) in [5.74, 6) is -0.976. The molecule has 2 aliphatic heterocycles. The highest BCUT2D eigenvalue weighted by molar-refractivity contribution is 5.86. The Hall–Kier alpha value is -1.34. The summed E-state index contributed by atoms with van der Waals surface area (Å²) in [6.07, 6.45) is 3.70. The first-order chi connectivity index (χ1) is 10.1. The van der Waals surface area contributed by atoms with Gasteiger partial charge in [0.2, 0.25) is 0 Å². The van der Waals surface area contributed by atoms with Gasteiger partial charge < -0.3 is 24.8 Å². The third-order valence-corrected chi connectivity index (χ3v) is 4.84. The molecule has 2 amide bonds. The van der Waals surface area contributed by atoms with E-state index in [2.05, 4.69) is 5.32 Å². The van der Waals surface area contributed by atoms with Crippen LogP contribution in [0.3, 0.4) is 0 Å². The molecule has 3 aliphatic rings. The van der Waals surface area contributed by atoms with Crippen molar-refractivity contribution in [1.82, 2.24) is 10.2 Å². The molecule has 2 saturated heterocycles. The molecule has 1 aliphatic carbocycles. The summed E-state index contributed by atoms with van der Waals surface area (Å²) in [6, 6.07) is -0.191. The first-order valence-corrected chi connectivity index (χ1v) is 7.64. The summed E-state index contributed by atoms with van der Waals surface area (Å²) in [7, 11) is 0. The first kappa shape index (κ1) is 14.6. The molecule has 2 N–H and O–H groups in total. The van der Waals surface area contributed by atoms with Gasteiger partial charge in [0.1, 0.15) is 5.54 Å². The monoisotopic (exact) mass is 298 g/mol. The SMILES string of the molecule is O=C(NC1(C(=O)O)CCOCC1)N1CCOC2CCCC21. The first-order valence-electron chi connectivity index (χ1n) is 7.64. The number of carboxylic acid groups (broad SMARTS) is 1. The Bertz CT molecular complexity index is 422. The maximum atomic E-state index is 12.6. The van der Waals surface area contributed by atoms with Crippen LogP contribution in [-0.4, -0.2) is 66.1 Å². The molecule has 2 unspecified atom stereocenters. The molecule has 7 heteroatoms. The minimum absolute atomic E-state index is 0.0874. The molecule has 0 aromatic carbocycles. The number of rotatable bonds is 2. The molecule has 0 spiro atoms. The third kappa shape index (κ3) is 2.72. The van der Waals surface area contributed by atoms with Crippen molar-refractivity contribution in [3.8, 4) is 0 Å². The van der Waals surface area contributed by atoms with Crippen LogP contribution in [0.2, 0.25) is 0 Å². The Morgan fingerprint density at radius 3 is 2.67 bits per heavy atom. The minimum atomic E-state index is -1.19. The fraction of sp³-hybridized carbons (Fsp3) is 0.857. The van der Waals surface area contributed by atoms with Gasteiger partial charge in [-0.25, -0.2) is 9.59 Å². The van der Waals surface area contributed by atoms with Crippen molar-refractivity contribution in [2.75, 3.05) is 26.4 Å². The van der Waals surface area contributed by atoms with Gasteiger partial charge >= 0.3 is 12.0 Å². The van der Waals surface area contributed by atoms with Gasteiger partial charge in [-0.1, -0.05) is 0 Å². The van der Waals surface area contributed by atoms with E-state index < -0.39 is 11.5 Å². The van der Waals surface area contributed by atoms with Crippen LogP contribution in [0, 0.1) is 0 Å². The molecule has 1 saturated carbocycles. The highest BCUT2D eigenvalue weighted by Gasteiger charge is 2.45. The second-order valence-corrected chi connectivity index (χ2v) is 6.03. The van der Waals surface area contributed by atoms with Crippen molar-refractivity contribution in [3.05, 3.63) is 0 Å². The lowest BCUT2D eigenvalue weighted by molar-refractivity contribution is -0.148. The smallest absolute Gasteiger partial charge is 0.329 e. The molecular formula is C14H22N2O5. The fourth-order valence-corrected chi connectivity index (χ4v) is 3.57. The van der Waals surface area contributed by atoms with Crippen molar-refractivity contribution >= 4 is 12.0 Å². The predicted molar refractivity (Wildman–Crippen MR) is 73.0 cm³/mol. The van der Waals surface area contributed by atoms with Crippen LogP contribution in [0.15, 0.2) is 0 Å². The highest BCUT2D eigenvalue weighted by Crippen LogP contribution is 2.30. The average Bonchev–Trinajstić information content (AvgIpc) is 2.96. The topological polar surface area (TPSA) is 88.1 Å². The van der Waals surface area contributed by atoms with Gasteiger partial charge in [0.25, 0.3) is 0 Å². The number of fused-ring (bicyclic) bond motifs is 1. The summed E-state index contributed by atoms with van der Waals surface area (Å²) in [4.78, 5) is 25.9. The number of urea groups is 1. The predicted octanol–water partition coefficient (Wildman–Crippen LogP) is 0.583. The van der Waals surface area contributed by atoms with Gasteiger partial charge in [-0.15, -0.1) is 0 Å². The number of carbonyl (C=O) groups is 2. The second kappa shape index (κ2) is 5.81. The number of amides is 2. The van der Waals surface area contributed by atoms with E-state index in [-0.39, 0.29) is 18.2 Å². The van der Waals surface area contributed by atoms with Crippen LogP contribution in [0.1, 0.15) is 32.1 Å². The molecule has 0 aromatic rings. The van der Waals surface area contributed by atoms with Crippen LogP contribution in [-0.2, 0) is 14.3 Å². The summed E-state index contributed by atoms with van der Waals surface area (Å²) in [5.41, 5.74) is -1.19. The number of aliphatic carboxylic acids is 1. The van der Waals surface area contributed by atoms with Crippen LogP contribution in [0.5, 0.6) is 0 Å². The second-order valence-electron chi connectivity index (χ2n) is 6.03. The summed E-state index contributed by atoms with van der Waals surface area (Å²) >= 11 is 0. The molecule has 3 fully saturated rings. The average molecular weight is 298 g/mol. The zero-order valence-electron chi connectivity index (χ0n) is 12.0. The van der Waals surface area contributed by atoms with Crippen LogP contribution >= 0.6 is 0 Å². The number of nitrogens with one attached hydrogen (secondary N) is 1. The van der Waals surface area contributed by atoms with Crippen LogP contribution < -0.4 is 5.32 Å². The lowest BCUT2D eigenvalue weighted by Gasteiger charge is -2.41. The van der Waals surface area contributed by atoms with Gasteiger partial charge in [-0.3, -0.25) is 0 Å². The molecular weight excluding hydrogens is 276 g/mol. The molecule has 7 nitrogen and oxygen atoms in total. The number of carbonyl (C=O) groups excluding carboxylic acids is 1. The Labute approximate surface area is 123 Å². The summed E-state index contributed by atoms with van der Waals surface area (Å²) < 4.78 is 10.9. The molecule has 118 valence electrons. The third-order valence-electron chi connectivity index (χ3n) is 4.84. The minimum Gasteiger partial charge on any atom is -0.480 e. The van der Waals surface area contributed by atoms with E-state index in [1.165, 1.54) is 0 Å². The van der Waals surface area contributed by atoms with E-state index in [0.29, 0.717) is 39.2 Å². The molecule has 2 heterocycles. The van der Waals surface area contributed by atoms with E-state index >= 15 is 0 Å². The number of hydrogen-bond donors (Lipinski definition) is 2. The Morgan fingerprint density at radius 2 is 1.95 bits per heavy atom. The zero-order chi connectivity index (χ0) is 14.9. The van der Waals surface area contributed by atoms with E-state index in [1.54, 1.807) is 4.90 Å². The van der Waals surface area contributed by atoms with Crippen molar-refractivity contribution in [3.63, 3.8) is 0 Å². The standard InChI is InChI=1S/C14H22N2O5/c17-12(18)14(4-7-20-8-5-14)15-13(19)16-6-9-21-11-3-1-2-10(11)16/h10-11H,1-9H2,(H,15,19)(H,17,18). The molecule has 0 radical (unpaired) electrons. The van der Waals surface area contributed by atoms with E-state index in [0.717, 1.165) is 19.3 Å². The lowest BCUT2D eigenvalue weighted by Crippen LogP contribution is -2.63. The van der Waals surface area contributed by atoms with E-state index in [9.17, 15) is 14.7 Å². The molecule has 0 aromatic heterocycles. The van der Waals surface area contributed by atoms with Gasteiger partial charge in [0.05, 0.1) is 18.8 Å². The number of carboxylic acids is 1. The van der Waals surface area contributed by atoms with Crippen LogP contribution in [0.4, 0.5) is 4.79 Å². The number of ether oxygens (including phenoxy) is 2. The quantitative estimate of drug-likeness (QED) is 0.778. The van der Waals surface area contributed by atoms with Crippen LogP contribution in [0.25, 0.3) is 0 Å². The van der Waals surface area contributed by atoms with Gasteiger partial charge in [0, 0.05) is 32.6 Å². The van der Waals surface area contributed by atoms with Gasteiger partial charge in [0.15, 0.2) is 0 Å². The summed E-state index contributed by atoms with van der Waals surface area (Å²) in [5, 5.41) is 12.3. The Balaban J connectivity index is 1.70. The lowest BCUT2D eigenvalue weighted by atomic mass is 9.90. The fourth-order valence-electron chi connectivity index (χ4n) is 3.57. The molecule has 3 rings (SSSR count). The zero-order valence-corrected chi connectivity index (χ0v) is 12.0. The maximum absolute atomic E-state index is 12.6. The van der Waals surface area contributed by atoms with Crippen molar-refractivity contribution in [1.29, 1.82) is 0 Å². The Kier molecular flexibility index (Phi) is 4.03. The number of morpholine rings is 1. The molecule has 0 bridgehead atoms. The van der Waals surface area contributed by atoms with Gasteiger partial charge in [-0.05, 0) is 19.3 Å². The maximum Gasteiger partial charge on any atom is 0.329 e. The summed E-state index contributed by atoms with van der Waals surface area (Å²) in [6.45, 7) is 1.78. The van der Waals surface area contributed by atoms with Crippen molar-refractivity contribution in [2.24, 2.45) is 0 Å². The van der Waals surface area contributed by atoms with E-state index in [1.807, 2.05) is 0 Å². The normalized spacial score (nSPS) is 31.5. The Morgan fingerprint density at radius 1 is 1.19 bits per heavy atom. The van der Waals surface area contributed by atoms with Crippen molar-refractivity contribution in [2.45, 2.75) is 49.8 Å². The van der Waals surface area contributed by atoms with Gasteiger partial charge in [-0.2, -0.15) is 0 Å². The molecule has 21 heavy (non-hydrogen) atoms.